The second-order valence-corrected chi connectivity index (χ2v) is 7.48. The Kier molecular flexibility index (Phi) is 5.69. The summed E-state index contributed by atoms with van der Waals surface area (Å²) in [5.74, 6) is 0.862. The SMILES string of the molecule is O=c1[nH]c(=S)n(CCc2ccccc2)c2c1CN(CCc1ccccc1)CN2. The van der Waals surface area contributed by atoms with E-state index in [1.54, 1.807) is 0 Å². The van der Waals surface area contributed by atoms with Gasteiger partial charge in [-0.25, -0.2) is 0 Å². The van der Waals surface area contributed by atoms with Gasteiger partial charge in [0.15, 0.2) is 4.77 Å². The Morgan fingerprint density at radius 1 is 0.893 bits per heavy atom. The molecule has 0 spiro atoms. The predicted molar refractivity (Wildman–Crippen MR) is 115 cm³/mol. The van der Waals surface area contributed by atoms with Crippen molar-refractivity contribution in [3.8, 4) is 0 Å². The van der Waals surface area contributed by atoms with Crippen LogP contribution in [0.25, 0.3) is 0 Å². The van der Waals surface area contributed by atoms with Gasteiger partial charge in [0.1, 0.15) is 5.82 Å². The van der Waals surface area contributed by atoms with E-state index < -0.39 is 0 Å². The van der Waals surface area contributed by atoms with E-state index in [0.29, 0.717) is 18.0 Å². The molecular formula is C22H24N4OS. The molecule has 0 amide bonds. The first-order chi connectivity index (χ1) is 13.7. The number of hydrogen-bond acceptors (Lipinski definition) is 4. The highest BCUT2D eigenvalue weighted by Gasteiger charge is 2.21. The number of aryl methyl sites for hydroxylation is 1. The molecule has 2 N–H and O–H groups in total. The standard InChI is InChI=1S/C22H24N4OS/c27-21-19-15-25(13-11-17-7-3-1-4-8-17)16-23-20(19)26(22(28)24-21)14-12-18-9-5-2-6-10-18/h1-10,23H,11-16H2,(H,24,27,28). The summed E-state index contributed by atoms with van der Waals surface area (Å²) in [5.41, 5.74) is 3.24. The molecule has 3 aromatic rings. The van der Waals surface area contributed by atoms with Gasteiger partial charge < -0.3 is 9.88 Å². The average molecular weight is 393 g/mol. The number of nitrogens with one attached hydrogen (secondary N) is 2. The second kappa shape index (κ2) is 8.54. The van der Waals surface area contributed by atoms with Crippen LogP contribution in [0.4, 0.5) is 5.82 Å². The van der Waals surface area contributed by atoms with E-state index in [2.05, 4.69) is 51.6 Å². The van der Waals surface area contributed by atoms with Crippen LogP contribution in [0, 0.1) is 4.77 Å². The molecule has 0 aliphatic carbocycles. The lowest BCUT2D eigenvalue weighted by Crippen LogP contribution is -2.40. The van der Waals surface area contributed by atoms with Crippen LogP contribution >= 0.6 is 12.2 Å². The van der Waals surface area contributed by atoms with Crippen LogP contribution < -0.4 is 10.9 Å². The number of aromatic nitrogens is 2. The third-order valence-corrected chi connectivity index (χ3v) is 5.50. The van der Waals surface area contributed by atoms with Gasteiger partial charge in [0.25, 0.3) is 5.56 Å². The second-order valence-electron chi connectivity index (χ2n) is 7.10. The number of benzene rings is 2. The lowest BCUT2D eigenvalue weighted by molar-refractivity contribution is 0.274. The normalized spacial score (nSPS) is 13.7. The molecular weight excluding hydrogens is 368 g/mol. The molecule has 0 saturated carbocycles. The number of aromatic amines is 1. The van der Waals surface area contributed by atoms with Gasteiger partial charge in [0.05, 0.1) is 12.2 Å². The summed E-state index contributed by atoms with van der Waals surface area (Å²) in [6.07, 6.45) is 1.83. The number of anilines is 1. The van der Waals surface area contributed by atoms with Crippen LogP contribution in [-0.4, -0.2) is 27.7 Å². The maximum absolute atomic E-state index is 12.5. The summed E-state index contributed by atoms with van der Waals surface area (Å²) in [7, 11) is 0. The van der Waals surface area contributed by atoms with Gasteiger partial charge >= 0.3 is 0 Å². The molecule has 28 heavy (non-hydrogen) atoms. The molecule has 2 aromatic carbocycles. The maximum Gasteiger partial charge on any atom is 0.258 e. The number of hydrogen-bond donors (Lipinski definition) is 2. The average Bonchev–Trinajstić information content (AvgIpc) is 2.74. The van der Waals surface area contributed by atoms with Gasteiger partial charge in [-0.2, -0.15) is 0 Å². The highest BCUT2D eigenvalue weighted by molar-refractivity contribution is 7.71. The third kappa shape index (κ3) is 4.24. The third-order valence-electron chi connectivity index (χ3n) is 5.17. The van der Waals surface area contributed by atoms with E-state index in [9.17, 15) is 4.79 Å². The molecule has 1 aromatic heterocycles. The van der Waals surface area contributed by atoms with Crippen LogP contribution in [0.1, 0.15) is 16.7 Å². The van der Waals surface area contributed by atoms with E-state index >= 15 is 0 Å². The number of H-pyrrole nitrogens is 1. The molecule has 0 saturated heterocycles. The Hall–Kier alpha value is -2.70. The zero-order chi connectivity index (χ0) is 19.3. The van der Waals surface area contributed by atoms with Crippen LogP contribution in [0.5, 0.6) is 0 Å². The topological polar surface area (TPSA) is 53.1 Å². The Morgan fingerprint density at radius 2 is 1.50 bits per heavy atom. The molecule has 6 heteroatoms. The van der Waals surface area contributed by atoms with Gasteiger partial charge in [-0.15, -0.1) is 0 Å². The smallest absolute Gasteiger partial charge is 0.258 e. The van der Waals surface area contributed by atoms with Crippen molar-refractivity contribution in [1.29, 1.82) is 0 Å². The molecule has 0 fully saturated rings. The molecule has 1 aliphatic heterocycles. The van der Waals surface area contributed by atoms with Gasteiger partial charge in [-0.05, 0) is 36.2 Å². The first-order valence-electron chi connectivity index (χ1n) is 9.61. The van der Waals surface area contributed by atoms with Crippen molar-refractivity contribution < 1.29 is 0 Å². The van der Waals surface area contributed by atoms with Crippen molar-refractivity contribution in [1.82, 2.24) is 14.5 Å². The van der Waals surface area contributed by atoms with Gasteiger partial charge in [0, 0.05) is 19.6 Å². The fraction of sp³-hybridized carbons (Fsp3) is 0.273. The Morgan fingerprint density at radius 3 is 2.14 bits per heavy atom. The zero-order valence-corrected chi connectivity index (χ0v) is 16.5. The molecule has 5 nitrogen and oxygen atoms in total. The predicted octanol–water partition coefficient (Wildman–Crippen LogP) is 3.58. The molecule has 1 aliphatic rings. The van der Waals surface area contributed by atoms with Crippen molar-refractivity contribution >= 4 is 18.0 Å². The van der Waals surface area contributed by atoms with Crippen LogP contribution in [0.15, 0.2) is 65.5 Å². The van der Waals surface area contributed by atoms with E-state index in [1.165, 1.54) is 11.1 Å². The van der Waals surface area contributed by atoms with Gasteiger partial charge in [-0.1, -0.05) is 60.7 Å². The van der Waals surface area contributed by atoms with E-state index in [1.807, 2.05) is 28.8 Å². The van der Waals surface area contributed by atoms with Crippen LogP contribution in [-0.2, 0) is 25.9 Å². The lowest BCUT2D eigenvalue weighted by Gasteiger charge is -2.31. The Labute approximate surface area is 169 Å². The van der Waals surface area contributed by atoms with Crippen molar-refractivity contribution in [2.75, 3.05) is 18.5 Å². The molecule has 0 radical (unpaired) electrons. The minimum absolute atomic E-state index is 0.0899. The molecule has 0 bridgehead atoms. The first-order valence-corrected chi connectivity index (χ1v) is 10.0. The molecule has 144 valence electrons. The van der Waals surface area contributed by atoms with Crippen molar-refractivity contribution in [3.63, 3.8) is 0 Å². The summed E-state index contributed by atoms with van der Waals surface area (Å²) in [6, 6.07) is 20.7. The van der Waals surface area contributed by atoms with Crippen molar-refractivity contribution in [3.05, 3.63) is 92.5 Å². The fourth-order valence-corrected chi connectivity index (χ4v) is 3.89. The maximum atomic E-state index is 12.5. The summed E-state index contributed by atoms with van der Waals surface area (Å²) in [5, 5.41) is 3.44. The minimum atomic E-state index is -0.0899. The van der Waals surface area contributed by atoms with Crippen molar-refractivity contribution in [2.45, 2.75) is 25.9 Å². The van der Waals surface area contributed by atoms with E-state index in [0.717, 1.165) is 37.3 Å². The molecule has 0 atom stereocenters. The molecule has 2 heterocycles. The van der Waals surface area contributed by atoms with Gasteiger partial charge in [-0.3, -0.25) is 14.7 Å². The number of nitrogens with zero attached hydrogens (tertiary/aromatic N) is 2. The highest BCUT2D eigenvalue weighted by atomic mass is 32.1. The highest BCUT2D eigenvalue weighted by Crippen LogP contribution is 2.20. The lowest BCUT2D eigenvalue weighted by atomic mass is 10.1. The number of fused-ring (bicyclic) bond motifs is 1. The largest absolute Gasteiger partial charge is 0.358 e. The summed E-state index contributed by atoms with van der Waals surface area (Å²) < 4.78 is 2.50. The van der Waals surface area contributed by atoms with Crippen LogP contribution in [0.2, 0.25) is 0 Å². The quantitative estimate of drug-likeness (QED) is 0.630. The minimum Gasteiger partial charge on any atom is -0.358 e. The fourth-order valence-electron chi connectivity index (χ4n) is 3.62. The number of rotatable bonds is 6. The monoisotopic (exact) mass is 392 g/mol. The Balaban J connectivity index is 1.50. The van der Waals surface area contributed by atoms with E-state index in [-0.39, 0.29) is 5.56 Å². The summed E-state index contributed by atoms with van der Waals surface area (Å²) in [6.45, 7) is 2.98. The first kappa shape index (κ1) is 18.7. The molecule has 0 unspecified atom stereocenters. The van der Waals surface area contributed by atoms with E-state index in [4.69, 9.17) is 12.2 Å². The van der Waals surface area contributed by atoms with Crippen LogP contribution in [0.3, 0.4) is 0 Å². The van der Waals surface area contributed by atoms with Gasteiger partial charge in [0.2, 0.25) is 0 Å². The molecule has 4 rings (SSSR count). The zero-order valence-electron chi connectivity index (χ0n) is 15.7. The Bertz CT molecular complexity index is 1040. The van der Waals surface area contributed by atoms with Crippen molar-refractivity contribution in [2.24, 2.45) is 0 Å². The summed E-state index contributed by atoms with van der Waals surface area (Å²) >= 11 is 5.44. The summed E-state index contributed by atoms with van der Waals surface area (Å²) in [4.78, 5) is 17.6.